The van der Waals surface area contributed by atoms with Crippen LogP contribution in [0.15, 0.2) is 4.99 Å². The summed E-state index contributed by atoms with van der Waals surface area (Å²) in [5.41, 5.74) is -0.178. The summed E-state index contributed by atoms with van der Waals surface area (Å²) in [5, 5.41) is 6.68. The molecule has 1 saturated heterocycles. The van der Waals surface area contributed by atoms with E-state index in [4.69, 9.17) is 4.74 Å². The fourth-order valence-corrected chi connectivity index (χ4v) is 2.38. The highest BCUT2D eigenvalue weighted by atomic mass is 16.5. The maximum absolute atomic E-state index is 5.39. The van der Waals surface area contributed by atoms with Crippen LogP contribution in [-0.4, -0.2) is 63.3 Å². The molecule has 1 fully saturated rings. The number of piperidine rings is 1. The first-order valence-corrected chi connectivity index (χ1v) is 8.19. The monoisotopic (exact) mass is 298 g/mol. The Morgan fingerprint density at radius 2 is 1.95 bits per heavy atom. The Hall–Kier alpha value is -0.810. The van der Waals surface area contributed by atoms with Gasteiger partial charge in [-0.05, 0) is 58.7 Å². The number of nitrogens with one attached hydrogen (secondary N) is 2. The molecule has 0 unspecified atom stereocenters. The Bertz CT molecular complexity index is 309. The van der Waals surface area contributed by atoms with Gasteiger partial charge in [-0.2, -0.15) is 0 Å². The second-order valence-corrected chi connectivity index (χ2v) is 6.69. The van der Waals surface area contributed by atoms with E-state index < -0.39 is 0 Å². The summed E-state index contributed by atoms with van der Waals surface area (Å²) in [7, 11) is 3.54. The van der Waals surface area contributed by atoms with Crippen molar-refractivity contribution in [3.05, 3.63) is 0 Å². The average Bonchev–Trinajstić information content (AvgIpc) is 2.48. The lowest BCUT2D eigenvalue weighted by atomic mass is 9.99. The number of guanidine groups is 1. The van der Waals surface area contributed by atoms with Crippen molar-refractivity contribution in [1.82, 2.24) is 15.5 Å². The molecule has 5 heteroatoms. The minimum absolute atomic E-state index is 0.178. The van der Waals surface area contributed by atoms with E-state index in [0.717, 1.165) is 31.4 Å². The van der Waals surface area contributed by atoms with Crippen LogP contribution in [0.5, 0.6) is 0 Å². The summed E-state index contributed by atoms with van der Waals surface area (Å²) in [4.78, 5) is 6.82. The summed E-state index contributed by atoms with van der Waals surface area (Å²) in [6, 6.07) is 0. The van der Waals surface area contributed by atoms with Crippen LogP contribution < -0.4 is 10.6 Å². The predicted molar refractivity (Wildman–Crippen MR) is 89.9 cm³/mol. The van der Waals surface area contributed by atoms with Gasteiger partial charge in [-0.3, -0.25) is 4.99 Å². The van der Waals surface area contributed by atoms with Crippen LogP contribution in [0, 0.1) is 5.92 Å². The second kappa shape index (κ2) is 9.26. The number of aliphatic imine (C=N–C) groups is 1. The summed E-state index contributed by atoms with van der Waals surface area (Å²) in [6.45, 7) is 11.9. The van der Waals surface area contributed by atoms with E-state index in [2.05, 4.69) is 41.3 Å². The van der Waals surface area contributed by atoms with E-state index in [-0.39, 0.29) is 5.60 Å². The molecule has 5 nitrogen and oxygen atoms in total. The van der Waals surface area contributed by atoms with Crippen LogP contribution in [0.25, 0.3) is 0 Å². The highest BCUT2D eigenvalue weighted by Crippen LogP contribution is 2.15. The van der Waals surface area contributed by atoms with Gasteiger partial charge in [-0.1, -0.05) is 6.92 Å². The van der Waals surface area contributed by atoms with E-state index in [0.29, 0.717) is 0 Å². The van der Waals surface area contributed by atoms with Gasteiger partial charge in [0, 0.05) is 27.2 Å². The van der Waals surface area contributed by atoms with Crippen molar-refractivity contribution in [1.29, 1.82) is 0 Å². The molecule has 0 spiro atoms. The van der Waals surface area contributed by atoms with Crippen LogP contribution in [-0.2, 0) is 4.74 Å². The van der Waals surface area contributed by atoms with E-state index in [1.165, 1.54) is 32.5 Å². The quantitative estimate of drug-likeness (QED) is 0.427. The Balaban J connectivity index is 2.12. The van der Waals surface area contributed by atoms with Gasteiger partial charge >= 0.3 is 0 Å². The first-order valence-electron chi connectivity index (χ1n) is 8.19. The summed E-state index contributed by atoms with van der Waals surface area (Å²) >= 11 is 0. The van der Waals surface area contributed by atoms with Crippen molar-refractivity contribution in [2.45, 2.75) is 45.6 Å². The lowest BCUT2D eigenvalue weighted by molar-refractivity contribution is 0.0268. The number of nitrogens with zero attached hydrogens (tertiary/aromatic N) is 2. The van der Waals surface area contributed by atoms with Gasteiger partial charge in [0.05, 0.1) is 5.60 Å². The van der Waals surface area contributed by atoms with Gasteiger partial charge < -0.3 is 20.3 Å². The number of likely N-dealkylation sites (tertiary alicyclic amines) is 1. The average molecular weight is 298 g/mol. The number of hydrogen-bond acceptors (Lipinski definition) is 3. The first kappa shape index (κ1) is 18.2. The summed E-state index contributed by atoms with van der Waals surface area (Å²) in [5.74, 6) is 1.76. The molecule has 1 rings (SSSR count). The molecule has 0 aliphatic carbocycles. The Morgan fingerprint density at radius 1 is 1.29 bits per heavy atom. The predicted octanol–water partition coefficient (Wildman–Crippen LogP) is 1.70. The first-order chi connectivity index (χ1) is 9.96. The topological polar surface area (TPSA) is 48.9 Å². The minimum atomic E-state index is -0.178. The maximum atomic E-state index is 5.39. The smallest absolute Gasteiger partial charge is 0.191 e. The third-order valence-electron chi connectivity index (χ3n) is 4.28. The van der Waals surface area contributed by atoms with Crippen LogP contribution >= 0.6 is 0 Å². The Labute approximate surface area is 130 Å². The Morgan fingerprint density at radius 3 is 2.52 bits per heavy atom. The lowest BCUT2D eigenvalue weighted by Crippen LogP contribution is -2.45. The summed E-state index contributed by atoms with van der Waals surface area (Å²) in [6.07, 6.45) is 3.86. The lowest BCUT2D eigenvalue weighted by Gasteiger charge is -2.30. The number of hydrogen-bond donors (Lipinski definition) is 2. The fourth-order valence-electron chi connectivity index (χ4n) is 2.38. The molecule has 1 aliphatic rings. The molecule has 1 heterocycles. The third-order valence-corrected chi connectivity index (χ3v) is 4.28. The van der Waals surface area contributed by atoms with Crippen molar-refractivity contribution in [2.75, 3.05) is 46.9 Å². The third kappa shape index (κ3) is 7.67. The molecular formula is C16H34N4O. The molecule has 0 saturated carbocycles. The second-order valence-electron chi connectivity index (χ2n) is 6.69. The normalized spacial score (nSPS) is 18.8. The van der Waals surface area contributed by atoms with Gasteiger partial charge in [0.25, 0.3) is 0 Å². The molecule has 0 radical (unpaired) electrons. The molecular weight excluding hydrogens is 264 g/mol. The largest absolute Gasteiger partial charge is 0.377 e. The molecule has 0 atom stereocenters. The van der Waals surface area contributed by atoms with Crippen molar-refractivity contribution in [2.24, 2.45) is 10.9 Å². The van der Waals surface area contributed by atoms with Crippen LogP contribution in [0.4, 0.5) is 0 Å². The zero-order chi connectivity index (χ0) is 15.7. The summed E-state index contributed by atoms with van der Waals surface area (Å²) < 4.78 is 5.39. The Kier molecular flexibility index (Phi) is 8.04. The number of methoxy groups -OCH3 is 1. The molecule has 1 aliphatic heterocycles. The molecule has 0 aromatic rings. The van der Waals surface area contributed by atoms with E-state index in [1.807, 2.05) is 0 Å². The van der Waals surface area contributed by atoms with Crippen LogP contribution in [0.3, 0.4) is 0 Å². The van der Waals surface area contributed by atoms with Crippen molar-refractivity contribution in [3.63, 3.8) is 0 Å². The van der Waals surface area contributed by atoms with E-state index >= 15 is 0 Å². The molecule has 0 amide bonds. The van der Waals surface area contributed by atoms with Crippen LogP contribution in [0.2, 0.25) is 0 Å². The molecule has 0 aromatic carbocycles. The van der Waals surface area contributed by atoms with Gasteiger partial charge in [-0.15, -0.1) is 0 Å². The fraction of sp³-hybridized carbons (Fsp3) is 0.938. The SMILES string of the molecule is CN=C(NCCCN1CCC(C)CC1)NCC(C)(C)OC. The van der Waals surface area contributed by atoms with Gasteiger partial charge in [0.2, 0.25) is 0 Å². The van der Waals surface area contributed by atoms with Gasteiger partial charge in [0.15, 0.2) is 5.96 Å². The molecule has 0 aromatic heterocycles. The van der Waals surface area contributed by atoms with Crippen molar-refractivity contribution < 1.29 is 4.74 Å². The van der Waals surface area contributed by atoms with Crippen molar-refractivity contribution in [3.8, 4) is 0 Å². The standard InChI is InChI=1S/C16H34N4O/c1-14-7-11-20(12-8-14)10-6-9-18-15(17-4)19-13-16(2,3)21-5/h14H,6-13H2,1-5H3,(H2,17,18,19). The highest BCUT2D eigenvalue weighted by Gasteiger charge is 2.17. The zero-order valence-corrected chi connectivity index (χ0v) is 14.5. The van der Waals surface area contributed by atoms with Crippen LogP contribution in [0.1, 0.15) is 40.0 Å². The number of ether oxygens (including phenoxy) is 1. The molecule has 124 valence electrons. The van der Waals surface area contributed by atoms with E-state index in [9.17, 15) is 0 Å². The van der Waals surface area contributed by atoms with Gasteiger partial charge in [0.1, 0.15) is 0 Å². The minimum Gasteiger partial charge on any atom is -0.377 e. The van der Waals surface area contributed by atoms with Crippen molar-refractivity contribution >= 4 is 5.96 Å². The maximum Gasteiger partial charge on any atom is 0.191 e. The molecule has 21 heavy (non-hydrogen) atoms. The van der Waals surface area contributed by atoms with Gasteiger partial charge in [-0.25, -0.2) is 0 Å². The van der Waals surface area contributed by atoms with E-state index in [1.54, 1.807) is 14.2 Å². The molecule has 0 bridgehead atoms. The highest BCUT2D eigenvalue weighted by molar-refractivity contribution is 5.79. The number of rotatable bonds is 7. The molecule has 2 N–H and O–H groups in total. The zero-order valence-electron chi connectivity index (χ0n) is 14.5.